The van der Waals surface area contributed by atoms with E-state index in [0.717, 1.165) is 5.56 Å². The van der Waals surface area contributed by atoms with Gasteiger partial charge in [0.2, 0.25) is 15.9 Å². The first-order chi connectivity index (χ1) is 12.3. The molecular formula is C18H18Cl2N2O3S. The summed E-state index contributed by atoms with van der Waals surface area (Å²) >= 11 is 12.0. The second kappa shape index (κ2) is 9.19. The number of sulfonamides is 1. The Morgan fingerprint density at radius 3 is 2.50 bits per heavy atom. The molecule has 0 fully saturated rings. The molecule has 0 radical (unpaired) electrons. The molecule has 2 aromatic rings. The number of nitrogens with one attached hydrogen (secondary N) is 2. The Hall–Kier alpha value is -1.86. The van der Waals surface area contributed by atoms with Crippen LogP contribution in [0.3, 0.4) is 0 Å². The van der Waals surface area contributed by atoms with E-state index < -0.39 is 10.0 Å². The Balaban J connectivity index is 2.04. The second-order valence-corrected chi connectivity index (χ2v) is 8.22. The first-order valence-electron chi connectivity index (χ1n) is 7.69. The molecule has 2 N–H and O–H groups in total. The van der Waals surface area contributed by atoms with Crippen molar-refractivity contribution in [2.24, 2.45) is 0 Å². The van der Waals surface area contributed by atoms with E-state index in [4.69, 9.17) is 23.2 Å². The highest BCUT2D eigenvalue weighted by Gasteiger charge is 2.12. The predicted molar refractivity (Wildman–Crippen MR) is 105 cm³/mol. The minimum atomic E-state index is -3.39. The monoisotopic (exact) mass is 412 g/mol. The van der Waals surface area contributed by atoms with Gasteiger partial charge in [-0.25, -0.2) is 13.1 Å². The van der Waals surface area contributed by atoms with Gasteiger partial charge >= 0.3 is 0 Å². The summed E-state index contributed by atoms with van der Waals surface area (Å²) in [6.45, 7) is 0.210. The van der Waals surface area contributed by atoms with Crippen molar-refractivity contribution in [2.45, 2.75) is 12.3 Å². The molecule has 0 aliphatic carbocycles. The van der Waals surface area contributed by atoms with Crippen molar-refractivity contribution in [3.8, 4) is 0 Å². The van der Waals surface area contributed by atoms with Crippen LogP contribution in [0.1, 0.15) is 16.7 Å². The molecule has 0 aliphatic rings. The van der Waals surface area contributed by atoms with Gasteiger partial charge in [0, 0.05) is 22.7 Å². The zero-order valence-corrected chi connectivity index (χ0v) is 16.3. The molecule has 0 saturated carbocycles. The van der Waals surface area contributed by atoms with Crippen LogP contribution in [0.5, 0.6) is 0 Å². The lowest BCUT2D eigenvalue weighted by molar-refractivity contribution is -0.116. The zero-order valence-electron chi connectivity index (χ0n) is 14.0. The lowest BCUT2D eigenvalue weighted by Crippen LogP contribution is -2.24. The molecule has 0 heterocycles. The molecule has 8 heteroatoms. The molecule has 0 aromatic heterocycles. The molecule has 0 aliphatic heterocycles. The Morgan fingerprint density at radius 1 is 1.12 bits per heavy atom. The van der Waals surface area contributed by atoms with Crippen molar-refractivity contribution in [3.05, 3.63) is 75.3 Å². The Morgan fingerprint density at radius 2 is 1.81 bits per heavy atom. The van der Waals surface area contributed by atoms with Gasteiger partial charge in [0.15, 0.2) is 0 Å². The highest BCUT2D eigenvalue weighted by atomic mass is 35.5. The van der Waals surface area contributed by atoms with Crippen LogP contribution in [0.25, 0.3) is 6.08 Å². The topological polar surface area (TPSA) is 75.3 Å². The molecule has 2 rings (SSSR count). The number of carbonyl (C=O) groups is 1. The summed E-state index contributed by atoms with van der Waals surface area (Å²) in [4.78, 5) is 12.0. The van der Waals surface area contributed by atoms with Crippen LogP contribution < -0.4 is 10.0 Å². The highest BCUT2D eigenvalue weighted by Crippen LogP contribution is 2.21. The van der Waals surface area contributed by atoms with E-state index in [2.05, 4.69) is 10.0 Å². The third-order valence-electron chi connectivity index (χ3n) is 3.60. The van der Waals surface area contributed by atoms with Crippen molar-refractivity contribution in [3.63, 3.8) is 0 Å². The van der Waals surface area contributed by atoms with Crippen molar-refractivity contribution in [2.75, 3.05) is 7.05 Å². The molecule has 0 bridgehead atoms. The largest absolute Gasteiger partial charge is 0.348 e. The summed E-state index contributed by atoms with van der Waals surface area (Å²) in [7, 11) is -2.03. The van der Waals surface area contributed by atoms with Gasteiger partial charge in [-0.15, -0.1) is 0 Å². The highest BCUT2D eigenvalue weighted by molar-refractivity contribution is 7.88. The fourth-order valence-electron chi connectivity index (χ4n) is 2.20. The van der Waals surface area contributed by atoms with Gasteiger partial charge in [-0.1, -0.05) is 47.5 Å². The normalized spacial score (nSPS) is 11.7. The Labute approximate surface area is 163 Å². The summed E-state index contributed by atoms with van der Waals surface area (Å²) in [6.07, 6.45) is 2.92. The molecular weight excluding hydrogens is 395 g/mol. The minimum absolute atomic E-state index is 0.149. The second-order valence-electron chi connectivity index (χ2n) is 5.45. The molecule has 138 valence electrons. The molecule has 26 heavy (non-hydrogen) atoms. The van der Waals surface area contributed by atoms with Crippen LogP contribution in [-0.2, 0) is 27.1 Å². The van der Waals surface area contributed by atoms with Crippen LogP contribution in [0.2, 0.25) is 10.0 Å². The van der Waals surface area contributed by atoms with Gasteiger partial charge in [-0.05, 0) is 48.0 Å². The van der Waals surface area contributed by atoms with E-state index in [9.17, 15) is 13.2 Å². The number of amides is 1. The molecule has 0 atom stereocenters. The standard InChI is InChI=1S/C18H18Cl2N2O3S/c1-21-26(24,25)12-15-5-3-2-4-14(15)11-22-18(23)9-6-13-10-16(19)7-8-17(13)20/h2-10,21H,11-12H2,1H3,(H,22,23)/b9-6+. The van der Waals surface area contributed by atoms with Crippen LogP contribution in [0.15, 0.2) is 48.5 Å². The maximum atomic E-state index is 12.0. The molecule has 0 saturated heterocycles. The number of halogens is 2. The fourth-order valence-corrected chi connectivity index (χ4v) is 3.39. The molecule has 0 spiro atoms. The van der Waals surface area contributed by atoms with E-state index in [1.54, 1.807) is 48.5 Å². The van der Waals surface area contributed by atoms with Crippen LogP contribution in [-0.4, -0.2) is 21.4 Å². The van der Waals surface area contributed by atoms with Crippen LogP contribution in [0, 0.1) is 0 Å². The van der Waals surface area contributed by atoms with Gasteiger partial charge in [-0.2, -0.15) is 0 Å². The van der Waals surface area contributed by atoms with Gasteiger partial charge in [0.1, 0.15) is 0 Å². The molecule has 1 amide bonds. The van der Waals surface area contributed by atoms with Gasteiger partial charge < -0.3 is 5.32 Å². The average molecular weight is 413 g/mol. The Kier molecular flexibility index (Phi) is 7.23. The fraction of sp³-hybridized carbons (Fsp3) is 0.167. The van der Waals surface area contributed by atoms with Crippen LogP contribution in [0.4, 0.5) is 0 Å². The number of carbonyl (C=O) groups excluding carboxylic acids is 1. The van der Waals surface area contributed by atoms with E-state index in [1.165, 1.54) is 13.1 Å². The van der Waals surface area contributed by atoms with Crippen molar-refractivity contribution in [1.82, 2.24) is 10.0 Å². The number of hydrogen-bond donors (Lipinski definition) is 2. The number of rotatable bonds is 7. The van der Waals surface area contributed by atoms with E-state index in [-0.39, 0.29) is 18.2 Å². The maximum Gasteiger partial charge on any atom is 0.244 e. The first-order valence-corrected chi connectivity index (χ1v) is 10.1. The van der Waals surface area contributed by atoms with Gasteiger partial charge in [0.25, 0.3) is 0 Å². The quantitative estimate of drug-likeness (QED) is 0.684. The molecule has 2 aromatic carbocycles. The molecule has 5 nitrogen and oxygen atoms in total. The summed E-state index contributed by atoms with van der Waals surface area (Å²) in [6, 6.07) is 12.0. The lowest BCUT2D eigenvalue weighted by Gasteiger charge is -2.10. The van der Waals surface area contributed by atoms with Crippen molar-refractivity contribution >= 4 is 45.2 Å². The van der Waals surface area contributed by atoms with E-state index >= 15 is 0 Å². The maximum absolute atomic E-state index is 12.0. The molecule has 0 unspecified atom stereocenters. The third kappa shape index (κ3) is 6.14. The van der Waals surface area contributed by atoms with Gasteiger partial charge in [0.05, 0.1) is 5.75 Å². The van der Waals surface area contributed by atoms with Crippen molar-refractivity contribution < 1.29 is 13.2 Å². The smallest absolute Gasteiger partial charge is 0.244 e. The van der Waals surface area contributed by atoms with Crippen LogP contribution >= 0.6 is 23.2 Å². The Bertz CT molecular complexity index is 928. The summed E-state index contributed by atoms with van der Waals surface area (Å²) in [5.74, 6) is -0.476. The summed E-state index contributed by atoms with van der Waals surface area (Å²) in [5.41, 5.74) is 1.99. The summed E-state index contributed by atoms with van der Waals surface area (Å²) in [5, 5.41) is 3.74. The minimum Gasteiger partial charge on any atom is -0.348 e. The van der Waals surface area contributed by atoms with E-state index in [1.807, 2.05) is 0 Å². The lowest BCUT2D eigenvalue weighted by atomic mass is 10.1. The SMILES string of the molecule is CNS(=O)(=O)Cc1ccccc1CNC(=O)/C=C/c1cc(Cl)ccc1Cl. The first kappa shape index (κ1) is 20.5. The van der Waals surface area contributed by atoms with Crippen molar-refractivity contribution in [1.29, 1.82) is 0 Å². The number of benzene rings is 2. The predicted octanol–water partition coefficient (Wildman–Crippen LogP) is 3.37. The number of hydrogen-bond acceptors (Lipinski definition) is 3. The zero-order chi connectivity index (χ0) is 19.2. The van der Waals surface area contributed by atoms with E-state index in [0.29, 0.717) is 21.2 Å². The summed E-state index contributed by atoms with van der Waals surface area (Å²) < 4.78 is 25.8. The average Bonchev–Trinajstić information content (AvgIpc) is 2.61. The third-order valence-corrected chi connectivity index (χ3v) is 5.49. The van der Waals surface area contributed by atoms with Gasteiger partial charge in [-0.3, -0.25) is 4.79 Å².